The molecule has 4 nitrogen and oxygen atoms in total. The van der Waals surface area contributed by atoms with Gasteiger partial charge in [0.05, 0.1) is 0 Å². The maximum atomic E-state index is 11.9. The maximum Gasteiger partial charge on any atom is 0.221 e. The van der Waals surface area contributed by atoms with Crippen LogP contribution in [0.4, 0.5) is 0 Å². The van der Waals surface area contributed by atoms with Crippen LogP contribution in [0.25, 0.3) is 0 Å². The van der Waals surface area contributed by atoms with Gasteiger partial charge in [-0.3, -0.25) is 4.79 Å². The van der Waals surface area contributed by atoms with Gasteiger partial charge in [-0.2, -0.15) is 0 Å². The van der Waals surface area contributed by atoms with Crippen molar-refractivity contribution in [3.05, 3.63) is 12.2 Å². The van der Waals surface area contributed by atoms with E-state index in [-0.39, 0.29) is 11.9 Å². The predicted molar refractivity (Wildman–Crippen MR) is 89.4 cm³/mol. The first kappa shape index (κ1) is 18.2. The van der Waals surface area contributed by atoms with Gasteiger partial charge in [-0.1, -0.05) is 31.9 Å². The molecule has 0 aliphatic carbocycles. The molecule has 1 aliphatic heterocycles. The van der Waals surface area contributed by atoms with E-state index in [9.17, 15) is 4.79 Å². The van der Waals surface area contributed by atoms with Gasteiger partial charge in [-0.15, -0.1) is 0 Å². The number of rotatable bonds is 5. The van der Waals surface area contributed by atoms with E-state index in [2.05, 4.69) is 35.0 Å². The van der Waals surface area contributed by atoms with E-state index in [1.165, 1.54) is 25.7 Å². The van der Waals surface area contributed by atoms with Gasteiger partial charge in [0.25, 0.3) is 0 Å². The first-order chi connectivity index (χ1) is 10.3. The average Bonchev–Trinajstić information content (AvgIpc) is 2.49. The number of hydrogen-bond donors (Lipinski definition) is 3. The van der Waals surface area contributed by atoms with Crippen molar-refractivity contribution >= 4 is 5.91 Å². The van der Waals surface area contributed by atoms with Crippen LogP contribution in [0.2, 0.25) is 0 Å². The highest BCUT2D eigenvalue weighted by Crippen LogP contribution is 2.03. The van der Waals surface area contributed by atoms with Gasteiger partial charge >= 0.3 is 0 Å². The van der Waals surface area contributed by atoms with E-state index in [1.807, 2.05) is 0 Å². The van der Waals surface area contributed by atoms with Gasteiger partial charge in [-0.05, 0) is 51.7 Å². The minimum absolute atomic E-state index is 0.157. The molecule has 1 fully saturated rings. The highest BCUT2D eigenvalue weighted by atomic mass is 16.1. The van der Waals surface area contributed by atoms with Gasteiger partial charge in [0.1, 0.15) is 0 Å². The molecule has 122 valence electrons. The summed E-state index contributed by atoms with van der Waals surface area (Å²) in [5.74, 6) is 0.157. The zero-order valence-corrected chi connectivity index (χ0v) is 13.6. The van der Waals surface area contributed by atoms with Crippen LogP contribution in [0, 0.1) is 0 Å². The van der Waals surface area contributed by atoms with Crippen molar-refractivity contribution in [2.45, 2.75) is 64.3 Å². The first-order valence-corrected chi connectivity index (χ1v) is 8.70. The Kier molecular flexibility index (Phi) is 11.1. The Labute approximate surface area is 130 Å². The Morgan fingerprint density at radius 1 is 1.10 bits per heavy atom. The molecule has 0 radical (unpaired) electrons. The minimum atomic E-state index is 0.157. The van der Waals surface area contributed by atoms with Crippen molar-refractivity contribution in [2.75, 3.05) is 26.2 Å². The van der Waals surface area contributed by atoms with Crippen LogP contribution in [0.3, 0.4) is 0 Å². The van der Waals surface area contributed by atoms with Crippen molar-refractivity contribution in [2.24, 2.45) is 0 Å². The van der Waals surface area contributed by atoms with Crippen LogP contribution >= 0.6 is 0 Å². The summed E-state index contributed by atoms with van der Waals surface area (Å²) in [4.78, 5) is 11.9. The number of carbonyl (C=O) groups is 1. The molecule has 0 bridgehead atoms. The predicted octanol–water partition coefficient (Wildman–Crippen LogP) is 2.36. The lowest BCUT2D eigenvalue weighted by Gasteiger charge is -2.14. The van der Waals surface area contributed by atoms with E-state index >= 15 is 0 Å². The molecule has 1 atom stereocenters. The number of hydrogen-bond acceptors (Lipinski definition) is 3. The molecule has 4 heteroatoms. The Balaban J connectivity index is 2.37. The van der Waals surface area contributed by atoms with E-state index in [4.69, 9.17) is 0 Å². The van der Waals surface area contributed by atoms with Crippen molar-refractivity contribution in [1.82, 2.24) is 16.0 Å². The minimum Gasteiger partial charge on any atom is -0.356 e. The van der Waals surface area contributed by atoms with Crippen LogP contribution in [-0.2, 0) is 4.79 Å². The molecule has 1 amide bonds. The highest BCUT2D eigenvalue weighted by Gasteiger charge is 2.10. The molecule has 1 heterocycles. The first-order valence-electron chi connectivity index (χ1n) is 8.70. The Bertz CT molecular complexity index is 292. The molecule has 3 N–H and O–H groups in total. The number of nitrogens with one attached hydrogen (secondary N) is 3. The number of carbonyl (C=O) groups excluding carboxylic acids is 1. The largest absolute Gasteiger partial charge is 0.356 e. The zero-order valence-electron chi connectivity index (χ0n) is 13.6. The molecule has 1 saturated heterocycles. The van der Waals surface area contributed by atoms with Crippen LogP contribution < -0.4 is 16.0 Å². The van der Waals surface area contributed by atoms with Crippen LogP contribution in [0.15, 0.2) is 12.2 Å². The summed E-state index contributed by atoms with van der Waals surface area (Å²) in [6.45, 7) is 6.05. The van der Waals surface area contributed by atoms with Crippen molar-refractivity contribution in [1.29, 1.82) is 0 Å². The average molecular weight is 295 g/mol. The summed E-state index contributed by atoms with van der Waals surface area (Å²) in [5, 5.41) is 9.92. The molecule has 1 rings (SSSR count). The lowest BCUT2D eigenvalue weighted by atomic mass is 10.1. The fourth-order valence-corrected chi connectivity index (χ4v) is 2.48. The lowest BCUT2D eigenvalue weighted by Crippen LogP contribution is -2.35. The van der Waals surface area contributed by atoms with Gasteiger partial charge in [0.15, 0.2) is 0 Å². The number of amides is 1. The van der Waals surface area contributed by atoms with E-state index in [1.54, 1.807) is 0 Å². The summed E-state index contributed by atoms with van der Waals surface area (Å²) in [6.07, 6.45) is 13.3. The van der Waals surface area contributed by atoms with Gasteiger partial charge in [0.2, 0.25) is 5.91 Å². The van der Waals surface area contributed by atoms with Crippen LogP contribution in [0.5, 0.6) is 0 Å². The third kappa shape index (κ3) is 10.5. The molecule has 0 aromatic carbocycles. The highest BCUT2D eigenvalue weighted by molar-refractivity contribution is 5.76. The van der Waals surface area contributed by atoms with Crippen molar-refractivity contribution in [3.8, 4) is 0 Å². The summed E-state index contributed by atoms with van der Waals surface area (Å²) in [6, 6.07) is 0.181. The smallest absolute Gasteiger partial charge is 0.221 e. The van der Waals surface area contributed by atoms with Gasteiger partial charge < -0.3 is 16.0 Å². The van der Waals surface area contributed by atoms with E-state index in [0.717, 1.165) is 45.4 Å². The maximum absolute atomic E-state index is 11.9. The third-order valence-corrected chi connectivity index (χ3v) is 3.79. The molecule has 21 heavy (non-hydrogen) atoms. The third-order valence-electron chi connectivity index (χ3n) is 3.79. The molecular formula is C17H33N3O. The summed E-state index contributed by atoms with van der Waals surface area (Å²) < 4.78 is 0. The van der Waals surface area contributed by atoms with Crippen LogP contribution in [0.1, 0.15) is 58.3 Å². The molecule has 1 aliphatic rings. The SMILES string of the molecule is CCCCC/C=C\C1CC(=O)NCCCNCCCCN1. The standard InChI is InChI=1S/C17H33N3O/c1-2-3-4-5-6-10-16-15-17(21)20-14-9-12-18-11-7-8-13-19-16/h6,10,16,18-19H,2-5,7-9,11-15H2,1H3,(H,20,21)/b10-6-. The lowest BCUT2D eigenvalue weighted by molar-refractivity contribution is -0.121. The van der Waals surface area contributed by atoms with Crippen LogP contribution in [-0.4, -0.2) is 38.1 Å². The monoisotopic (exact) mass is 295 g/mol. The van der Waals surface area contributed by atoms with Crippen molar-refractivity contribution < 1.29 is 4.79 Å². The zero-order chi connectivity index (χ0) is 15.2. The second kappa shape index (κ2) is 12.8. The second-order valence-corrected chi connectivity index (χ2v) is 5.85. The van der Waals surface area contributed by atoms with Gasteiger partial charge in [0, 0.05) is 19.0 Å². The van der Waals surface area contributed by atoms with E-state index in [0.29, 0.717) is 6.42 Å². The topological polar surface area (TPSA) is 53.2 Å². The molecule has 0 saturated carbocycles. The quantitative estimate of drug-likeness (QED) is 0.539. The molecule has 0 aromatic rings. The Hall–Kier alpha value is -0.870. The molecule has 1 unspecified atom stereocenters. The Morgan fingerprint density at radius 3 is 2.76 bits per heavy atom. The molecule has 0 aromatic heterocycles. The number of unbranched alkanes of at least 4 members (excludes halogenated alkanes) is 3. The fourth-order valence-electron chi connectivity index (χ4n) is 2.48. The van der Waals surface area contributed by atoms with Gasteiger partial charge in [-0.25, -0.2) is 0 Å². The molecule has 0 spiro atoms. The second-order valence-electron chi connectivity index (χ2n) is 5.85. The summed E-state index contributed by atoms with van der Waals surface area (Å²) in [5.41, 5.74) is 0. The summed E-state index contributed by atoms with van der Waals surface area (Å²) >= 11 is 0. The normalized spacial score (nSPS) is 23.1. The fraction of sp³-hybridized carbons (Fsp3) is 0.824. The van der Waals surface area contributed by atoms with E-state index < -0.39 is 0 Å². The molecular weight excluding hydrogens is 262 g/mol. The summed E-state index contributed by atoms with van der Waals surface area (Å²) in [7, 11) is 0. The Morgan fingerprint density at radius 2 is 1.90 bits per heavy atom. The number of allylic oxidation sites excluding steroid dienone is 1. The van der Waals surface area contributed by atoms with Crippen molar-refractivity contribution in [3.63, 3.8) is 0 Å².